The van der Waals surface area contributed by atoms with Gasteiger partial charge in [0.1, 0.15) is 4.88 Å². The van der Waals surface area contributed by atoms with Gasteiger partial charge in [0.25, 0.3) is 5.91 Å². The van der Waals surface area contributed by atoms with Gasteiger partial charge in [0.15, 0.2) is 0 Å². The summed E-state index contributed by atoms with van der Waals surface area (Å²) in [5.74, 6) is 0.0419. The molecule has 0 saturated heterocycles. The van der Waals surface area contributed by atoms with Crippen LogP contribution in [0.2, 0.25) is 5.02 Å². The number of aromatic nitrogens is 1. The van der Waals surface area contributed by atoms with Gasteiger partial charge in [0.05, 0.1) is 5.02 Å². The van der Waals surface area contributed by atoms with E-state index in [1.807, 2.05) is 37.5 Å². The molecule has 0 atom stereocenters. The Labute approximate surface area is 209 Å². The van der Waals surface area contributed by atoms with Gasteiger partial charge in [-0.1, -0.05) is 48.0 Å². The van der Waals surface area contributed by atoms with Gasteiger partial charge in [-0.2, -0.15) is 0 Å². The van der Waals surface area contributed by atoms with Gasteiger partial charge in [-0.25, -0.2) is 0 Å². The summed E-state index contributed by atoms with van der Waals surface area (Å²) in [4.78, 5) is 20.0. The van der Waals surface area contributed by atoms with Crippen molar-refractivity contribution in [1.29, 1.82) is 0 Å². The van der Waals surface area contributed by atoms with Crippen molar-refractivity contribution in [1.82, 2.24) is 15.2 Å². The van der Waals surface area contributed by atoms with Gasteiger partial charge >= 0.3 is 0 Å². The zero-order valence-corrected chi connectivity index (χ0v) is 21.2. The first-order valence-corrected chi connectivity index (χ1v) is 13.1. The second-order valence-corrected chi connectivity index (χ2v) is 10.7. The molecule has 0 radical (unpaired) electrons. The fourth-order valence-electron chi connectivity index (χ4n) is 5.03. The quantitative estimate of drug-likeness (QED) is 0.304. The number of amides is 1. The van der Waals surface area contributed by atoms with Crippen LogP contribution in [0.3, 0.4) is 0 Å². The molecule has 1 fully saturated rings. The molecule has 34 heavy (non-hydrogen) atoms. The third kappa shape index (κ3) is 4.65. The van der Waals surface area contributed by atoms with Crippen LogP contribution < -0.4 is 5.32 Å². The minimum absolute atomic E-state index is 0.0419. The predicted octanol–water partition coefficient (Wildman–Crippen LogP) is 7.03. The average Bonchev–Trinajstić information content (AvgIpc) is 3.46. The molecule has 4 nitrogen and oxygen atoms in total. The van der Waals surface area contributed by atoms with Gasteiger partial charge in [0.2, 0.25) is 0 Å². The highest BCUT2D eigenvalue weighted by Crippen LogP contribution is 2.37. The molecular formula is C28H30ClN3OS. The van der Waals surface area contributed by atoms with E-state index in [4.69, 9.17) is 11.6 Å². The van der Waals surface area contributed by atoms with Crippen LogP contribution in [0.25, 0.3) is 21.3 Å². The molecule has 2 N–H and O–H groups in total. The first-order valence-electron chi connectivity index (χ1n) is 11.9. The number of hydrogen-bond acceptors (Lipinski definition) is 3. The number of fused-ring (bicyclic) bond motifs is 1. The number of H-pyrrole nitrogens is 1. The van der Waals surface area contributed by atoms with Crippen LogP contribution in [0.1, 0.15) is 46.5 Å². The van der Waals surface area contributed by atoms with Crippen molar-refractivity contribution in [3.05, 3.63) is 81.8 Å². The molecule has 2 aromatic carbocycles. The molecule has 0 aliphatic heterocycles. The topological polar surface area (TPSA) is 48.1 Å². The number of nitrogens with zero attached hydrogens (tertiary/aromatic N) is 1. The molecule has 1 aliphatic carbocycles. The minimum atomic E-state index is 0.0419. The lowest BCUT2D eigenvalue weighted by molar-refractivity contribution is 0.0606. The third-order valence-corrected chi connectivity index (χ3v) is 8.62. The number of carbonyl (C=O) groups excluding carboxylic acids is 1. The zero-order valence-electron chi connectivity index (χ0n) is 19.6. The second kappa shape index (κ2) is 9.95. The molecule has 0 unspecified atom stereocenters. The SMILES string of the molecule is CNC1CCC(N(Cc2cccc(-c3cc(C)c[nH]3)c2)C(=O)c2sc3ccccc3c2Cl)CC1. The lowest BCUT2D eigenvalue weighted by atomic mass is 9.89. The van der Waals surface area contributed by atoms with E-state index in [2.05, 4.69) is 52.5 Å². The second-order valence-electron chi connectivity index (χ2n) is 9.26. The molecule has 2 heterocycles. The summed E-state index contributed by atoms with van der Waals surface area (Å²) in [6.07, 6.45) is 6.16. The number of hydrogen-bond donors (Lipinski definition) is 2. The van der Waals surface area contributed by atoms with E-state index in [-0.39, 0.29) is 11.9 Å². The summed E-state index contributed by atoms with van der Waals surface area (Å²) in [6, 6.07) is 19.4. The Bertz CT molecular complexity index is 1300. The van der Waals surface area contributed by atoms with Crippen LogP contribution in [-0.2, 0) is 6.54 Å². The van der Waals surface area contributed by atoms with Gasteiger partial charge in [0, 0.05) is 40.6 Å². The Morgan fingerprint density at radius 2 is 1.91 bits per heavy atom. The Morgan fingerprint density at radius 1 is 1.12 bits per heavy atom. The maximum Gasteiger partial charge on any atom is 0.266 e. The fourth-order valence-corrected chi connectivity index (χ4v) is 6.50. The van der Waals surface area contributed by atoms with E-state index in [0.717, 1.165) is 52.6 Å². The molecule has 6 heteroatoms. The molecule has 0 bridgehead atoms. The first kappa shape index (κ1) is 23.2. The van der Waals surface area contributed by atoms with Crippen LogP contribution in [0, 0.1) is 6.92 Å². The zero-order chi connectivity index (χ0) is 23.7. The predicted molar refractivity (Wildman–Crippen MR) is 143 cm³/mol. The Morgan fingerprint density at radius 3 is 2.62 bits per heavy atom. The maximum atomic E-state index is 14.0. The van der Waals surface area contributed by atoms with Crippen molar-refractivity contribution in [3.8, 4) is 11.3 Å². The summed E-state index contributed by atoms with van der Waals surface area (Å²) in [5, 5.41) is 4.94. The number of aromatic amines is 1. The van der Waals surface area contributed by atoms with E-state index in [1.165, 1.54) is 16.9 Å². The largest absolute Gasteiger partial charge is 0.361 e. The van der Waals surface area contributed by atoms with Crippen LogP contribution in [0.5, 0.6) is 0 Å². The molecule has 4 aromatic rings. The summed E-state index contributed by atoms with van der Waals surface area (Å²) in [7, 11) is 2.03. The monoisotopic (exact) mass is 491 g/mol. The molecule has 0 spiro atoms. The Kier molecular flexibility index (Phi) is 6.77. The van der Waals surface area contributed by atoms with Crippen LogP contribution in [0.4, 0.5) is 0 Å². The van der Waals surface area contributed by atoms with Gasteiger partial charge in [-0.05, 0) is 74.5 Å². The summed E-state index contributed by atoms with van der Waals surface area (Å²) >= 11 is 8.24. The van der Waals surface area contributed by atoms with Crippen LogP contribution in [-0.4, -0.2) is 34.9 Å². The number of carbonyl (C=O) groups is 1. The summed E-state index contributed by atoms with van der Waals surface area (Å²) in [6.45, 7) is 2.66. The lowest BCUT2D eigenvalue weighted by Crippen LogP contribution is -2.44. The highest BCUT2D eigenvalue weighted by Gasteiger charge is 2.31. The van der Waals surface area contributed by atoms with Crippen molar-refractivity contribution in [2.24, 2.45) is 0 Å². The maximum absolute atomic E-state index is 14.0. The normalized spacial score (nSPS) is 18.3. The van der Waals surface area contributed by atoms with Gasteiger partial charge < -0.3 is 15.2 Å². The molecule has 176 valence electrons. The summed E-state index contributed by atoms with van der Waals surface area (Å²) < 4.78 is 1.05. The molecular weight excluding hydrogens is 462 g/mol. The number of rotatable bonds is 6. The highest BCUT2D eigenvalue weighted by molar-refractivity contribution is 7.21. The Hall–Kier alpha value is -2.60. The van der Waals surface area contributed by atoms with Crippen LogP contribution >= 0.6 is 22.9 Å². The Balaban J connectivity index is 1.47. The number of aryl methyl sites for hydroxylation is 1. The first-order chi connectivity index (χ1) is 16.5. The van der Waals surface area contributed by atoms with E-state index >= 15 is 0 Å². The van der Waals surface area contributed by atoms with Crippen molar-refractivity contribution >= 4 is 38.9 Å². The average molecular weight is 492 g/mol. The third-order valence-electron chi connectivity index (χ3n) is 6.95. The van der Waals surface area contributed by atoms with Gasteiger partial charge in [-0.15, -0.1) is 11.3 Å². The molecule has 1 saturated carbocycles. The van der Waals surface area contributed by atoms with Crippen molar-refractivity contribution in [2.75, 3.05) is 7.05 Å². The van der Waals surface area contributed by atoms with E-state index < -0.39 is 0 Å². The van der Waals surface area contributed by atoms with Gasteiger partial charge in [-0.3, -0.25) is 4.79 Å². The van der Waals surface area contributed by atoms with Crippen molar-refractivity contribution in [3.63, 3.8) is 0 Å². The molecule has 5 rings (SSSR count). The van der Waals surface area contributed by atoms with Crippen LogP contribution in [0.15, 0.2) is 60.8 Å². The lowest BCUT2D eigenvalue weighted by Gasteiger charge is -2.37. The van der Waals surface area contributed by atoms with Crippen molar-refractivity contribution < 1.29 is 4.79 Å². The summed E-state index contributed by atoms with van der Waals surface area (Å²) in [5.41, 5.74) is 4.57. The fraction of sp³-hybridized carbons (Fsp3) is 0.321. The molecule has 1 aliphatic rings. The number of thiophene rings is 1. The molecule has 1 amide bonds. The number of benzene rings is 2. The van der Waals surface area contributed by atoms with Crippen molar-refractivity contribution in [2.45, 2.75) is 51.2 Å². The number of nitrogens with one attached hydrogen (secondary N) is 2. The number of halogens is 1. The highest BCUT2D eigenvalue weighted by atomic mass is 35.5. The minimum Gasteiger partial charge on any atom is -0.361 e. The van der Waals surface area contributed by atoms with E-state index in [0.29, 0.717) is 22.5 Å². The standard InChI is InChI=1S/C28H30ClN3OS/c1-18-14-24(31-16-18)20-7-5-6-19(15-20)17-32(22-12-10-21(30-2)11-13-22)28(33)27-26(29)23-8-3-4-9-25(23)34-27/h3-9,14-16,21-22,30-31H,10-13,17H2,1-2H3. The van der Waals surface area contributed by atoms with E-state index in [9.17, 15) is 4.79 Å². The van der Waals surface area contributed by atoms with E-state index in [1.54, 1.807) is 0 Å². The molecule has 2 aromatic heterocycles. The smallest absolute Gasteiger partial charge is 0.266 e.